The number of nitrogens with zero attached hydrogens (tertiary/aromatic N) is 1. The molecular formula is C25H20BrClN2O4. The highest BCUT2D eigenvalue weighted by atomic mass is 79.9. The fourth-order valence-corrected chi connectivity index (χ4v) is 3.42. The Hall–Kier alpha value is -3.47. The lowest BCUT2D eigenvalue weighted by atomic mass is 10.1. The van der Waals surface area contributed by atoms with Gasteiger partial charge in [-0.2, -0.15) is 5.26 Å². The van der Waals surface area contributed by atoms with E-state index in [-0.39, 0.29) is 5.57 Å². The summed E-state index contributed by atoms with van der Waals surface area (Å²) in [5.41, 5.74) is 1.80. The number of hydrogen-bond acceptors (Lipinski definition) is 5. The van der Waals surface area contributed by atoms with E-state index in [0.29, 0.717) is 40.1 Å². The molecule has 3 aromatic rings. The fraction of sp³-hybridized carbons (Fsp3) is 0.120. The van der Waals surface area contributed by atoms with Crippen molar-refractivity contribution in [2.75, 3.05) is 19.5 Å². The lowest BCUT2D eigenvalue weighted by Gasteiger charge is -2.13. The third kappa shape index (κ3) is 6.28. The highest BCUT2D eigenvalue weighted by Gasteiger charge is 2.16. The van der Waals surface area contributed by atoms with Crippen molar-refractivity contribution in [3.8, 4) is 23.3 Å². The predicted octanol–water partition coefficient (Wildman–Crippen LogP) is 6.24. The first-order chi connectivity index (χ1) is 15.9. The number of ether oxygens (including phenoxy) is 3. The van der Waals surface area contributed by atoms with Crippen LogP contribution in [0.15, 0.2) is 70.7 Å². The molecule has 0 aromatic heterocycles. The Bertz CT molecular complexity index is 1220. The number of hydrogen-bond donors (Lipinski definition) is 1. The number of benzene rings is 3. The molecule has 0 aliphatic rings. The van der Waals surface area contributed by atoms with Gasteiger partial charge in [-0.1, -0.05) is 57.9 Å². The maximum Gasteiger partial charge on any atom is 0.266 e. The van der Waals surface area contributed by atoms with Crippen molar-refractivity contribution in [3.63, 3.8) is 0 Å². The van der Waals surface area contributed by atoms with Gasteiger partial charge in [-0.05, 0) is 29.8 Å². The van der Waals surface area contributed by atoms with Crippen molar-refractivity contribution >= 4 is 45.2 Å². The van der Waals surface area contributed by atoms with Gasteiger partial charge in [0.05, 0.1) is 24.9 Å². The predicted molar refractivity (Wildman–Crippen MR) is 132 cm³/mol. The van der Waals surface area contributed by atoms with Crippen molar-refractivity contribution in [1.29, 1.82) is 5.26 Å². The van der Waals surface area contributed by atoms with E-state index in [1.54, 1.807) is 18.2 Å². The van der Waals surface area contributed by atoms with Crippen molar-refractivity contribution < 1.29 is 19.0 Å². The lowest BCUT2D eigenvalue weighted by Crippen LogP contribution is -2.14. The maximum absolute atomic E-state index is 12.8. The summed E-state index contributed by atoms with van der Waals surface area (Å²) in [4.78, 5) is 12.8. The van der Waals surface area contributed by atoms with E-state index in [9.17, 15) is 10.1 Å². The molecule has 0 atom stereocenters. The van der Waals surface area contributed by atoms with E-state index in [4.69, 9.17) is 25.8 Å². The van der Waals surface area contributed by atoms with Crippen LogP contribution in [0.3, 0.4) is 0 Å². The quantitative estimate of drug-likeness (QED) is 0.277. The summed E-state index contributed by atoms with van der Waals surface area (Å²) in [7, 11) is 2.92. The van der Waals surface area contributed by atoms with E-state index < -0.39 is 5.91 Å². The van der Waals surface area contributed by atoms with E-state index in [1.807, 2.05) is 36.4 Å². The molecule has 1 amide bonds. The van der Waals surface area contributed by atoms with Crippen LogP contribution in [0.4, 0.5) is 5.69 Å². The number of carbonyl (C=O) groups is 1. The molecule has 8 heteroatoms. The summed E-state index contributed by atoms with van der Waals surface area (Å²) in [5, 5.41) is 12.6. The zero-order valence-corrected chi connectivity index (χ0v) is 20.2. The Morgan fingerprint density at radius 3 is 2.42 bits per heavy atom. The van der Waals surface area contributed by atoms with Crippen LogP contribution in [0.2, 0.25) is 5.02 Å². The second-order valence-electron chi connectivity index (χ2n) is 6.76. The smallest absolute Gasteiger partial charge is 0.266 e. The van der Waals surface area contributed by atoms with Crippen LogP contribution in [-0.4, -0.2) is 20.1 Å². The van der Waals surface area contributed by atoms with Gasteiger partial charge in [-0.3, -0.25) is 4.79 Å². The van der Waals surface area contributed by atoms with Crippen LogP contribution >= 0.6 is 27.5 Å². The number of halogens is 2. The van der Waals surface area contributed by atoms with Gasteiger partial charge in [-0.15, -0.1) is 0 Å². The molecule has 0 aliphatic heterocycles. The third-order valence-corrected chi connectivity index (χ3v) is 5.44. The van der Waals surface area contributed by atoms with E-state index >= 15 is 0 Å². The molecule has 1 N–H and O–H groups in total. The van der Waals surface area contributed by atoms with Gasteiger partial charge in [0.1, 0.15) is 35.5 Å². The Balaban J connectivity index is 1.83. The van der Waals surface area contributed by atoms with Crippen molar-refractivity contribution in [1.82, 2.24) is 0 Å². The monoisotopic (exact) mass is 526 g/mol. The van der Waals surface area contributed by atoms with Gasteiger partial charge in [0, 0.05) is 22.2 Å². The lowest BCUT2D eigenvalue weighted by molar-refractivity contribution is -0.112. The third-order valence-electron chi connectivity index (χ3n) is 4.61. The van der Waals surface area contributed by atoms with Crippen LogP contribution in [0.5, 0.6) is 17.2 Å². The summed E-state index contributed by atoms with van der Waals surface area (Å²) < 4.78 is 17.4. The number of carbonyl (C=O) groups excluding carboxylic acids is 1. The number of amides is 1. The number of anilines is 1. The highest BCUT2D eigenvalue weighted by molar-refractivity contribution is 9.10. The average molecular weight is 528 g/mol. The minimum Gasteiger partial charge on any atom is -0.495 e. The zero-order chi connectivity index (χ0) is 23.8. The number of methoxy groups -OCH3 is 2. The van der Waals surface area contributed by atoms with Crippen LogP contribution in [-0.2, 0) is 11.4 Å². The van der Waals surface area contributed by atoms with Crippen LogP contribution in [0.1, 0.15) is 11.1 Å². The summed E-state index contributed by atoms with van der Waals surface area (Å²) in [6, 6.07) is 19.9. The number of nitrogens with one attached hydrogen (secondary N) is 1. The van der Waals surface area contributed by atoms with Gasteiger partial charge in [0.15, 0.2) is 0 Å². The molecule has 0 spiro atoms. The minimum atomic E-state index is -0.608. The van der Waals surface area contributed by atoms with Gasteiger partial charge < -0.3 is 19.5 Å². The van der Waals surface area contributed by atoms with Crippen molar-refractivity contribution in [2.24, 2.45) is 0 Å². The SMILES string of the molecule is COc1cc(NC(=O)/C(C#N)=C/c2ccccc2OCc2ccc(Br)cc2)c(OC)cc1Cl. The number of rotatable bonds is 8. The molecule has 0 unspecified atom stereocenters. The molecule has 33 heavy (non-hydrogen) atoms. The van der Waals surface area contributed by atoms with Gasteiger partial charge >= 0.3 is 0 Å². The second-order valence-corrected chi connectivity index (χ2v) is 8.09. The molecule has 0 aliphatic carbocycles. The summed E-state index contributed by atoms with van der Waals surface area (Å²) in [6.07, 6.45) is 1.48. The van der Waals surface area contributed by atoms with E-state index in [0.717, 1.165) is 10.0 Å². The molecule has 3 rings (SSSR count). The molecular weight excluding hydrogens is 508 g/mol. The first-order valence-corrected chi connectivity index (χ1v) is 10.9. The Kier molecular flexibility index (Phi) is 8.36. The Labute approximate surface area is 205 Å². The molecule has 0 saturated heterocycles. The molecule has 168 valence electrons. The Morgan fingerprint density at radius 1 is 1.06 bits per heavy atom. The van der Waals surface area contributed by atoms with E-state index in [1.165, 1.54) is 32.4 Å². The van der Waals surface area contributed by atoms with Crippen LogP contribution in [0.25, 0.3) is 6.08 Å². The summed E-state index contributed by atoms with van der Waals surface area (Å²) in [6.45, 7) is 0.341. The molecule has 0 heterocycles. The molecule has 0 saturated carbocycles. The zero-order valence-electron chi connectivity index (χ0n) is 17.9. The van der Waals surface area contributed by atoms with Gasteiger partial charge in [-0.25, -0.2) is 0 Å². The molecule has 6 nitrogen and oxygen atoms in total. The minimum absolute atomic E-state index is 0.106. The topological polar surface area (TPSA) is 80.6 Å². The van der Waals surface area contributed by atoms with Crippen LogP contribution in [0, 0.1) is 11.3 Å². The first-order valence-electron chi connectivity index (χ1n) is 9.76. The summed E-state index contributed by atoms with van der Waals surface area (Å²) >= 11 is 9.52. The van der Waals surface area contributed by atoms with Crippen LogP contribution < -0.4 is 19.5 Å². The molecule has 0 radical (unpaired) electrons. The fourth-order valence-electron chi connectivity index (χ4n) is 2.92. The van der Waals surface area contributed by atoms with Gasteiger partial charge in [0.2, 0.25) is 0 Å². The highest BCUT2D eigenvalue weighted by Crippen LogP contribution is 2.36. The van der Waals surface area contributed by atoms with Crippen molar-refractivity contribution in [2.45, 2.75) is 6.61 Å². The first kappa shape index (κ1) is 24.2. The largest absolute Gasteiger partial charge is 0.495 e. The average Bonchev–Trinajstić information content (AvgIpc) is 2.83. The maximum atomic E-state index is 12.8. The second kappa shape index (κ2) is 11.4. The number of para-hydroxylation sites is 1. The summed E-state index contributed by atoms with van der Waals surface area (Å²) in [5.74, 6) is 0.640. The number of nitriles is 1. The molecule has 0 bridgehead atoms. The van der Waals surface area contributed by atoms with Gasteiger partial charge in [0.25, 0.3) is 5.91 Å². The Morgan fingerprint density at radius 2 is 1.76 bits per heavy atom. The van der Waals surface area contributed by atoms with Crippen molar-refractivity contribution in [3.05, 3.63) is 86.9 Å². The molecule has 0 fully saturated rings. The molecule has 3 aromatic carbocycles. The standard InChI is InChI=1S/C25H20BrClN2O4/c1-31-23-13-21(24(32-2)12-20(23)27)29-25(30)18(14-28)11-17-5-3-4-6-22(17)33-15-16-7-9-19(26)10-8-16/h3-13H,15H2,1-2H3,(H,29,30)/b18-11+. The van der Waals surface area contributed by atoms with E-state index in [2.05, 4.69) is 21.2 Å². The normalized spacial score (nSPS) is 10.8.